The number of nitrogens with zero attached hydrogens (tertiary/aromatic N) is 1. The fraction of sp³-hybridized carbons (Fsp3) is 0.238. The van der Waals surface area contributed by atoms with Crippen molar-refractivity contribution in [3.8, 4) is 0 Å². The Labute approximate surface area is 176 Å². The summed E-state index contributed by atoms with van der Waals surface area (Å²) >= 11 is 7.60. The van der Waals surface area contributed by atoms with Crippen LogP contribution in [0.5, 0.6) is 0 Å². The van der Waals surface area contributed by atoms with Crippen molar-refractivity contribution in [2.45, 2.75) is 24.3 Å². The number of rotatable bonds is 6. The monoisotopic (exact) mass is 431 g/mol. The Kier molecular flexibility index (Phi) is 5.52. The molecule has 3 amide bonds. The summed E-state index contributed by atoms with van der Waals surface area (Å²) in [7, 11) is 0. The molecule has 150 valence electrons. The Hall–Kier alpha value is -2.51. The van der Waals surface area contributed by atoms with E-state index >= 15 is 0 Å². The number of imide groups is 1. The molecule has 3 aromatic rings. The van der Waals surface area contributed by atoms with Gasteiger partial charge in [0.25, 0.3) is 5.91 Å². The van der Waals surface area contributed by atoms with Gasteiger partial charge in [-0.05, 0) is 36.2 Å². The number of nitrogens with one attached hydrogen (secondary N) is 2. The molecular formula is C21H19ClFN3O2S. The number of carbonyl (C=O) groups is 2. The molecule has 1 saturated heterocycles. The maximum atomic E-state index is 13.6. The topological polar surface area (TPSA) is 65.2 Å². The number of aryl methyl sites for hydroxylation is 1. The van der Waals surface area contributed by atoms with E-state index < -0.39 is 12.1 Å². The predicted octanol–water partition coefficient (Wildman–Crippen LogP) is 4.52. The van der Waals surface area contributed by atoms with E-state index in [1.54, 1.807) is 19.1 Å². The molecule has 1 atom stereocenters. The summed E-state index contributed by atoms with van der Waals surface area (Å²) in [4.78, 5) is 30.1. The molecule has 1 aliphatic rings. The number of carbonyl (C=O) groups excluding carboxylic acids is 2. The molecule has 2 N–H and O–H groups in total. The van der Waals surface area contributed by atoms with Crippen LogP contribution < -0.4 is 5.32 Å². The fourth-order valence-corrected chi connectivity index (χ4v) is 4.50. The summed E-state index contributed by atoms with van der Waals surface area (Å²) in [6.45, 7) is 1.97. The summed E-state index contributed by atoms with van der Waals surface area (Å²) in [6, 6.07) is 9.60. The first kappa shape index (κ1) is 19.8. The predicted molar refractivity (Wildman–Crippen MR) is 113 cm³/mol. The average Bonchev–Trinajstić information content (AvgIpc) is 3.22. The third-order valence-corrected chi connectivity index (χ3v) is 6.30. The van der Waals surface area contributed by atoms with Crippen molar-refractivity contribution in [1.82, 2.24) is 15.2 Å². The first-order valence-electron chi connectivity index (χ1n) is 9.19. The van der Waals surface area contributed by atoms with Crippen LogP contribution in [0.3, 0.4) is 0 Å². The van der Waals surface area contributed by atoms with E-state index in [0.717, 1.165) is 21.4 Å². The van der Waals surface area contributed by atoms with E-state index in [1.807, 2.05) is 24.4 Å². The van der Waals surface area contributed by atoms with Crippen LogP contribution in [0, 0.1) is 12.7 Å². The second kappa shape index (κ2) is 8.08. The van der Waals surface area contributed by atoms with Gasteiger partial charge in [0.05, 0.1) is 10.5 Å². The quantitative estimate of drug-likeness (QED) is 0.445. The SMILES string of the molecule is Cc1ccc(SCCN2C(=O)NC(Cc3c[nH]c4c(Cl)cccc34)C2=O)cc1F. The van der Waals surface area contributed by atoms with E-state index in [-0.39, 0.29) is 18.3 Å². The molecule has 0 spiro atoms. The molecule has 1 unspecified atom stereocenters. The second-order valence-corrected chi connectivity index (χ2v) is 8.51. The van der Waals surface area contributed by atoms with Crippen molar-refractivity contribution in [2.24, 2.45) is 0 Å². The molecule has 0 bridgehead atoms. The number of aromatic amines is 1. The molecule has 0 saturated carbocycles. The Morgan fingerprint density at radius 1 is 1.24 bits per heavy atom. The van der Waals surface area contributed by atoms with Gasteiger partial charge in [-0.15, -0.1) is 11.8 Å². The third kappa shape index (κ3) is 3.97. The smallest absolute Gasteiger partial charge is 0.324 e. The lowest BCUT2D eigenvalue weighted by Crippen LogP contribution is -2.34. The number of para-hydroxylation sites is 1. The normalized spacial score (nSPS) is 16.7. The highest BCUT2D eigenvalue weighted by molar-refractivity contribution is 7.99. The number of aromatic nitrogens is 1. The highest BCUT2D eigenvalue weighted by atomic mass is 35.5. The van der Waals surface area contributed by atoms with Gasteiger partial charge in [-0.3, -0.25) is 9.69 Å². The van der Waals surface area contributed by atoms with E-state index in [4.69, 9.17) is 11.6 Å². The summed E-state index contributed by atoms with van der Waals surface area (Å²) in [6.07, 6.45) is 2.21. The third-order valence-electron chi connectivity index (χ3n) is 5.01. The van der Waals surface area contributed by atoms with E-state index in [0.29, 0.717) is 22.8 Å². The molecule has 4 rings (SSSR count). The molecule has 5 nitrogen and oxygen atoms in total. The number of H-pyrrole nitrogens is 1. The number of halogens is 2. The van der Waals surface area contributed by atoms with Crippen molar-refractivity contribution < 1.29 is 14.0 Å². The van der Waals surface area contributed by atoms with Crippen molar-refractivity contribution >= 4 is 46.2 Å². The van der Waals surface area contributed by atoms with Gasteiger partial charge in [0.15, 0.2) is 0 Å². The Morgan fingerprint density at radius 3 is 2.86 bits per heavy atom. The lowest BCUT2D eigenvalue weighted by molar-refractivity contribution is -0.127. The highest BCUT2D eigenvalue weighted by Gasteiger charge is 2.37. The van der Waals surface area contributed by atoms with Crippen molar-refractivity contribution in [3.05, 3.63) is 64.6 Å². The summed E-state index contributed by atoms with van der Waals surface area (Å²) < 4.78 is 13.6. The number of benzene rings is 2. The molecule has 1 fully saturated rings. The van der Waals surface area contributed by atoms with Gasteiger partial charge in [0.1, 0.15) is 11.9 Å². The number of urea groups is 1. The molecule has 1 aromatic heterocycles. The molecule has 2 aromatic carbocycles. The van der Waals surface area contributed by atoms with Crippen molar-refractivity contribution in [1.29, 1.82) is 0 Å². The number of hydrogen-bond donors (Lipinski definition) is 2. The van der Waals surface area contributed by atoms with Crippen LogP contribution in [-0.4, -0.2) is 40.2 Å². The van der Waals surface area contributed by atoms with Crippen molar-refractivity contribution in [2.75, 3.05) is 12.3 Å². The summed E-state index contributed by atoms with van der Waals surface area (Å²) in [5.41, 5.74) is 2.33. The van der Waals surface area contributed by atoms with Gasteiger partial charge in [0, 0.05) is 35.2 Å². The highest BCUT2D eigenvalue weighted by Crippen LogP contribution is 2.27. The lowest BCUT2D eigenvalue weighted by atomic mass is 10.1. The average molecular weight is 432 g/mol. The molecule has 0 aliphatic carbocycles. The van der Waals surface area contributed by atoms with Crippen LogP contribution in [0.1, 0.15) is 11.1 Å². The summed E-state index contributed by atoms with van der Waals surface area (Å²) in [5.74, 6) is -0.0113. The van der Waals surface area contributed by atoms with Gasteiger partial charge < -0.3 is 10.3 Å². The van der Waals surface area contributed by atoms with Crippen LogP contribution in [0.4, 0.5) is 9.18 Å². The zero-order valence-corrected chi connectivity index (χ0v) is 17.2. The van der Waals surface area contributed by atoms with Gasteiger partial charge in [-0.25, -0.2) is 9.18 Å². The number of amides is 3. The molecule has 0 radical (unpaired) electrons. The Balaban J connectivity index is 1.39. The van der Waals surface area contributed by atoms with E-state index in [9.17, 15) is 14.0 Å². The second-order valence-electron chi connectivity index (χ2n) is 6.93. The molecular weight excluding hydrogens is 413 g/mol. The summed E-state index contributed by atoms with van der Waals surface area (Å²) in [5, 5.41) is 4.31. The van der Waals surface area contributed by atoms with Crippen LogP contribution in [0.2, 0.25) is 5.02 Å². The minimum atomic E-state index is -0.609. The zero-order chi connectivity index (χ0) is 20.5. The number of fused-ring (bicyclic) bond motifs is 1. The maximum Gasteiger partial charge on any atom is 0.324 e. The van der Waals surface area contributed by atoms with Crippen molar-refractivity contribution in [3.63, 3.8) is 0 Å². The van der Waals surface area contributed by atoms with Crippen LogP contribution in [0.25, 0.3) is 10.9 Å². The largest absolute Gasteiger partial charge is 0.360 e. The fourth-order valence-electron chi connectivity index (χ4n) is 3.41. The molecule has 1 aliphatic heterocycles. The first-order valence-corrected chi connectivity index (χ1v) is 10.6. The molecule has 29 heavy (non-hydrogen) atoms. The standard InChI is InChI=1S/C21H19ClFN3O2S/c1-12-5-6-14(10-17(12)23)29-8-7-26-20(27)18(25-21(26)28)9-13-11-24-19-15(13)3-2-4-16(19)22/h2-6,10-11,18,24H,7-9H2,1H3,(H,25,28). The van der Waals surface area contributed by atoms with Crippen LogP contribution in [-0.2, 0) is 11.2 Å². The van der Waals surface area contributed by atoms with Crippen LogP contribution in [0.15, 0.2) is 47.5 Å². The first-order chi connectivity index (χ1) is 13.9. The minimum Gasteiger partial charge on any atom is -0.360 e. The van der Waals surface area contributed by atoms with Gasteiger partial charge in [-0.1, -0.05) is 29.8 Å². The number of hydrogen-bond acceptors (Lipinski definition) is 3. The Bertz CT molecular complexity index is 1100. The van der Waals surface area contributed by atoms with E-state index in [1.165, 1.54) is 22.7 Å². The Morgan fingerprint density at radius 2 is 2.07 bits per heavy atom. The lowest BCUT2D eigenvalue weighted by Gasteiger charge is -2.13. The maximum absolute atomic E-state index is 13.6. The van der Waals surface area contributed by atoms with E-state index in [2.05, 4.69) is 10.3 Å². The molecule has 8 heteroatoms. The number of thioether (sulfide) groups is 1. The molecule has 2 heterocycles. The minimum absolute atomic E-state index is 0.248. The zero-order valence-electron chi connectivity index (χ0n) is 15.7. The van der Waals surface area contributed by atoms with Gasteiger partial charge >= 0.3 is 6.03 Å². The van der Waals surface area contributed by atoms with Gasteiger partial charge in [0.2, 0.25) is 0 Å². The van der Waals surface area contributed by atoms with Crippen LogP contribution >= 0.6 is 23.4 Å². The van der Waals surface area contributed by atoms with Gasteiger partial charge in [-0.2, -0.15) is 0 Å².